The molecule has 0 radical (unpaired) electrons. The molecule has 1 aliphatic heterocycles. The van der Waals surface area contributed by atoms with E-state index in [0.29, 0.717) is 12.6 Å². The van der Waals surface area contributed by atoms with E-state index in [0.717, 1.165) is 11.5 Å². The molecule has 0 fully saturated rings. The average Bonchev–Trinajstić information content (AvgIpc) is 2.30. The van der Waals surface area contributed by atoms with Crippen LogP contribution < -0.4 is 10.6 Å². The summed E-state index contributed by atoms with van der Waals surface area (Å²) in [6.45, 7) is 10.5. The first-order valence-corrected chi connectivity index (χ1v) is 5.55. The molecule has 1 atom stereocenters. The molecule has 0 spiro atoms. The van der Waals surface area contributed by atoms with Gasteiger partial charge in [-0.3, -0.25) is 15.3 Å². The molecule has 0 bridgehead atoms. The summed E-state index contributed by atoms with van der Waals surface area (Å²) < 4.78 is 0. The highest BCUT2D eigenvalue weighted by Gasteiger charge is 2.19. The van der Waals surface area contributed by atoms with Crippen LogP contribution in [0, 0.1) is 5.92 Å². The molecule has 0 amide bonds. The highest BCUT2D eigenvalue weighted by atomic mass is 15.3. The molecule has 4 nitrogen and oxygen atoms in total. The Balaban J connectivity index is 2.76. The molecule has 0 aromatic rings. The van der Waals surface area contributed by atoms with Gasteiger partial charge in [-0.25, -0.2) is 0 Å². The van der Waals surface area contributed by atoms with Gasteiger partial charge in [0.1, 0.15) is 11.5 Å². The van der Waals surface area contributed by atoms with Crippen molar-refractivity contribution in [2.45, 2.75) is 26.9 Å². The second-order valence-electron chi connectivity index (χ2n) is 3.92. The molecule has 88 valence electrons. The molecule has 0 saturated carbocycles. The van der Waals surface area contributed by atoms with Crippen LogP contribution in [0.5, 0.6) is 0 Å². The van der Waals surface area contributed by atoms with Crippen LogP contribution in [-0.4, -0.2) is 24.9 Å². The highest BCUT2D eigenvalue weighted by molar-refractivity contribution is 5.99. The monoisotopic (exact) mass is 220 g/mol. The number of rotatable bonds is 4. The second kappa shape index (κ2) is 6.23. The van der Waals surface area contributed by atoms with Gasteiger partial charge in [0.15, 0.2) is 0 Å². The number of hydrogen-bond acceptors (Lipinski definition) is 4. The van der Waals surface area contributed by atoms with E-state index in [-0.39, 0.29) is 6.17 Å². The van der Waals surface area contributed by atoms with Crippen molar-refractivity contribution in [1.29, 1.82) is 0 Å². The molecule has 2 N–H and O–H groups in total. The maximum absolute atomic E-state index is 4.36. The zero-order chi connectivity index (χ0) is 12.0. The standard InChI is InChI=1S/C12H20N4/c1-5-7-13-10(6-2)12-15-8-14-11(16-12)9(3)4/h5-7,9,11,14H,1,8H2,2-4H3,(H,15,16)/b10-6-,13-7?. The Kier molecular flexibility index (Phi) is 4.92. The minimum atomic E-state index is 0.251. The van der Waals surface area contributed by atoms with Crippen LogP contribution in [-0.2, 0) is 0 Å². The summed E-state index contributed by atoms with van der Waals surface area (Å²) in [7, 11) is 0. The number of hydrogen-bond donors (Lipinski definition) is 2. The van der Waals surface area contributed by atoms with Gasteiger partial charge in [-0.2, -0.15) is 0 Å². The van der Waals surface area contributed by atoms with Crippen molar-refractivity contribution >= 4 is 12.1 Å². The summed E-state index contributed by atoms with van der Waals surface area (Å²) in [5.41, 5.74) is 0.854. The lowest BCUT2D eigenvalue weighted by Gasteiger charge is -2.28. The smallest absolute Gasteiger partial charge is 0.149 e. The third kappa shape index (κ3) is 3.31. The molecular weight excluding hydrogens is 200 g/mol. The lowest BCUT2D eigenvalue weighted by atomic mass is 10.1. The van der Waals surface area contributed by atoms with Gasteiger partial charge in [-0.15, -0.1) is 0 Å². The van der Waals surface area contributed by atoms with Crippen LogP contribution in [0.15, 0.2) is 34.4 Å². The molecule has 1 heterocycles. The van der Waals surface area contributed by atoms with Gasteiger partial charge in [0, 0.05) is 6.21 Å². The van der Waals surface area contributed by atoms with E-state index in [1.54, 1.807) is 12.3 Å². The fraction of sp³-hybridized carbons (Fsp3) is 0.500. The molecule has 0 aromatic heterocycles. The molecule has 0 aromatic carbocycles. The first-order valence-electron chi connectivity index (χ1n) is 5.55. The van der Waals surface area contributed by atoms with Crippen molar-refractivity contribution in [3.05, 3.63) is 24.4 Å². The largest absolute Gasteiger partial charge is 0.353 e. The SMILES string of the molecule is C=CC=N/C(=C\C)C1=NCNC(C(C)C)N1. The van der Waals surface area contributed by atoms with Crippen LogP contribution in [0.4, 0.5) is 0 Å². The van der Waals surface area contributed by atoms with Gasteiger partial charge in [0.05, 0.1) is 12.8 Å². The second-order valence-corrected chi connectivity index (χ2v) is 3.92. The van der Waals surface area contributed by atoms with E-state index in [9.17, 15) is 0 Å². The third-order valence-corrected chi connectivity index (χ3v) is 2.34. The molecule has 0 saturated heterocycles. The number of allylic oxidation sites excluding steroid dienone is 2. The predicted octanol–water partition coefficient (Wildman–Crippen LogP) is 1.68. The molecule has 1 aliphatic rings. The molecule has 4 heteroatoms. The fourth-order valence-electron chi connectivity index (χ4n) is 1.43. The Morgan fingerprint density at radius 2 is 2.38 bits per heavy atom. The zero-order valence-corrected chi connectivity index (χ0v) is 10.2. The van der Waals surface area contributed by atoms with Gasteiger partial charge in [-0.05, 0) is 12.8 Å². The molecule has 1 unspecified atom stereocenters. The summed E-state index contributed by atoms with van der Waals surface area (Å²) in [6.07, 6.45) is 5.52. The number of nitrogens with one attached hydrogen (secondary N) is 2. The van der Waals surface area contributed by atoms with Crippen LogP contribution in [0.1, 0.15) is 20.8 Å². The lowest BCUT2D eigenvalue weighted by Crippen LogP contribution is -2.52. The van der Waals surface area contributed by atoms with Crippen LogP contribution in [0.2, 0.25) is 0 Å². The summed E-state index contributed by atoms with van der Waals surface area (Å²) in [5.74, 6) is 1.35. The Labute approximate surface area is 97.3 Å². The maximum atomic E-state index is 4.36. The minimum absolute atomic E-state index is 0.251. The van der Waals surface area contributed by atoms with E-state index in [2.05, 4.69) is 41.0 Å². The number of aliphatic imine (C=N–C) groups is 2. The lowest BCUT2D eigenvalue weighted by molar-refractivity contribution is 0.368. The third-order valence-electron chi connectivity index (χ3n) is 2.34. The summed E-state index contributed by atoms with van der Waals surface area (Å²) in [5, 5.41) is 6.62. The van der Waals surface area contributed by atoms with E-state index < -0.39 is 0 Å². The molecular formula is C12H20N4. The van der Waals surface area contributed by atoms with Crippen LogP contribution in [0.3, 0.4) is 0 Å². The fourth-order valence-corrected chi connectivity index (χ4v) is 1.43. The van der Waals surface area contributed by atoms with Crippen LogP contribution in [0.25, 0.3) is 0 Å². The summed E-state index contributed by atoms with van der Waals surface area (Å²) >= 11 is 0. The zero-order valence-electron chi connectivity index (χ0n) is 10.2. The molecule has 1 rings (SSSR count). The molecule has 16 heavy (non-hydrogen) atoms. The van der Waals surface area contributed by atoms with E-state index in [1.807, 2.05) is 13.0 Å². The van der Waals surface area contributed by atoms with Crippen molar-refractivity contribution in [2.24, 2.45) is 15.9 Å². The number of nitrogens with zero attached hydrogens (tertiary/aromatic N) is 2. The first-order chi connectivity index (χ1) is 7.69. The van der Waals surface area contributed by atoms with Crippen molar-refractivity contribution in [1.82, 2.24) is 10.6 Å². The predicted molar refractivity (Wildman–Crippen MR) is 69.6 cm³/mol. The van der Waals surface area contributed by atoms with Gasteiger partial charge in [-0.1, -0.05) is 32.6 Å². The van der Waals surface area contributed by atoms with Gasteiger partial charge >= 0.3 is 0 Å². The summed E-state index contributed by atoms with van der Waals surface area (Å²) in [6, 6.07) is 0. The Morgan fingerprint density at radius 1 is 1.62 bits per heavy atom. The maximum Gasteiger partial charge on any atom is 0.149 e. The Bertz CT molecular complexity index is 326. The minimum Gasteiger partial charge on any atom is -0.353 e. The van der Waals surface area contributed by atoms with Crippen molar-refractivity contribution in [3.63, 3.8) is 0 Å². The van der Waals surface area contributed by atoms with Crippen LogP contribution >= 0.6 is 0 Å². The Morgan fingerprint density at radius 3 is 2.94 bits per heavy atom. The number of amidine groups is 1. The first kappa shape index (κ1) is 12.6. The van der Waals surface area contributed by atoms with E-state index in [4.69, 9.17) is 0 Å². The van der Waals surface area contributed by atoms with E-state index >= 15 is 0 Å². The Hall–Kier alpha value is -1.42. The topological polar surface area (TPSA) is 48.8 Å². The van der Waals surface area contributed by atoms with Crippen molar-refractivity contribution in [3.8, 4) is 0 Å². The van der Waals surface area contributed by atoms with Crippen molar-refractivity contribution < 1.29 is 0 Å². The average molecular weight is 220 g/mol. The van der Waals surface area contributed by atoms with Gasteiger partial charge < -0.3 is 5.32 Å². The normalized spacial score (nSPS) is 22.1. The van der Waals surface area contributed by atoms with Gasteiger partial charge in [0.2, 0.25) is 0 Å². The summed E-state index contributed by atoms with van der Waals surface area (Å²) in [4.78, 5) is 8.64. The quantitative estimate of drug-likeness (QED) is 0.708. The highest BCUT2D eigenvalue weighted by Crippen LogP contribution is 2.06. The van der Waals surface area contributed by atoms with Gasteiger partial charge in [0.25, 0.3) is 0 Å². The molecule has 0 aliphatic carbocycles. The van der Waals surface area contributed by atoms with Crippen molar-refractivity contribution in [2.75, 3.05) is 6.67 Å². The van der Waals surface area contributed by atoms with E-state index in [1.165, 1.54) is 0 Å².